The molecule has 0 aliphatic heterocycles. The molecule has 0 aromatic carbocycles. The number of carbonyl (C=O) groups excluding carboxylic acids is 1. The average molecular weight is 213 g/mol. The fourth-order valence-electron chi connectivity index (χ4n) is 1.18. The van der Waals surface area contributed by atoms with Crippen LogP contribution < -0.4 is 11.1 Å². The standard InChI is InChI=1S/C9H15N3OS/c1-5(2)12-6(3)7-4-11-9(14-7)8(10)13/h4-6,12H,1-3H3,(H2,10,13). The Labute approximate surface area is 87.5 Å². The van der Waals surface area contributed by atoms with Crippen LogP contribution in [-0.2, 0) is 0 Å². The van der Waals surface area contributed by atoms with E-state index in [1.165, 1.54) is 11.3 Å². The molecule has 1 aromatic rings. The molecule has 0 spiro atoms. The smallest absolute Gasteiger partial charge is 0.277 e. The first kappa shape index (κ1) is 11.1. The summed E-state index contributed by atoms with van der Waals surface area (Å²) in [4.78, 5) is 15.8. The zero-order valence-corrected chi connectivity index (χ0v) is 9.39. The molecule has 1 rings (SSSR count). The van der Waals surface area contributed by atoms with Crippen LogP contribution >= 0.6 is 11.3 Å². The van der Waals surface area contributed by atoms with E-state index in [-0.39, 0.29) is 6.04 Å². The molecule has 1 aromatic heterocycles. The third-order valence-electron chi connectivity index (χ3n) is 1.74. The normalized spacial score (nSPS) is 13.1. The lowest BCUT2D eigenvalue weighted by Crippen LogP contribution is -2.25. The van der Waals surface area contributed by atoms with Gasteiger partial charge in [-0.3, -0.25) is 4.79 Å². The number of nitrogens with one attached hydrogen (secondary N) is 1. The quantitative estimate of drug-likeness (QED) is 0.792. The fraction of sp³-hybridized carbons (Fsp3) is 0.556. The molecule has 1 amide bonds. The highest BCUT2D eigenvalue weighted by Gasteiger charge is 2.12. The van der Waals surface area contributed by atoms with Gasteiger partial charge in [0, 0.05) is 23.2 Å². The first-order valence-corrected chi connectivity index (χ1v) is 5.34. The van der Waals surface area contributed by atoms with Crippen molar-refractivity contribution in [3.8, 4) is 0 Å². The highest BCUT2D eigenvalue weighted by Crippen LogP contribution is 2.20. The lowest BCUT2D eigenvalue weighted by Gasteiger charge is -2.14. The van der Waals surface area contributed by atoms with E-state index in [4.69, 9.17) is 5.73 Å². The van der Waals surface area contributed by atoms with Crippen LogP contribution in [0.1, 0.15) is 41.5 Å². The second-order valence-electron chi connectivity index (χ2n) is 3.48. The third-order valence-corrected chi connectivity index (χ3v) is 2.94. The van der Waals surface area contributed by atoms with Gasteiger partial charge in [0.1, 0.15) is 0 Å². The summed E-state index contributed by atoms with van der Waals surface area (Å²) in [5.74, 6) is -0.460. The van der Waals surface area contributed by atoms with Gasteiger partial charge in [0.2, 0.25) is 0 Å². The van der Waals surface area contributed by atoms with Crippen LogP contribution in [0.15, 0.2) is 6.20 Å². The molecule has 0 bridgehead atoms. The summed E-state index contributed by atoms with van der Waals surface area (Å²) in [6, 6.07) is 0.615. The van der Waals surface area contributed by atoms with Gasteiger partial charge in [-0.05, 0) is 6.92 Å². The van der Waals surface area contributed by atoms with Crippen molar-refractivity contribution in [3.63, 3.8) is 0 Å². The minimum Gasteiger partial charge on any atom is -0.364 e. The summed E-state index contributed by atoms with van der Waals surface area (Å²) >= 11 is 1.34. The molecule has 3 N–H and O–H groups in total. The predicted octanol–water partition coefficient (Wildman–Crippen LogP) is 1.30. The van der Waals surface area contributed by atoms with E-state index in [9.17, 15) is 4.79 Å². The largest absolute Gasteiger partial charge is 0.364 e. The maximum atomic E-state index is 10.8. The lowest BCUT2D eigenvalue weighted by molar-refractivity contribution is 0.1000. The van der Waals surface area contributed by atoms with Gasteiger partial charge >= 0.3 is 0 Å². The van der Waals surface area contributed by atoms with Gasteiger partial charge in [0.05, 0.1) is 0 Å². The highest BCUT2D eigenvalue weighted by molar-refractivity contribution is 7.13. The number of rotatable bonds is 4. The predicted molar refractivity (Wildman–Crippen MR) is 57.3 cm³/mol. The highest BCUT2D eigenvalue weighted by atomic mass is 32.1. The summed E-state index contributed by atoms with van der Waals surface area (Å²) in [5, 5.41) is 3.70. The van der Waals surface area contributed by atoms with Crippen molar-refractivity contribution in [2.24, 2.45) is 5.73 Å². The number of thiazole rings is 1. The number of carbonyl (C=O) groups is 1. The maximum Gasteiger partial charge on any atom is 0.277 e. The minimum absolute atomic E-state index is 0.209. The van der Waals surface area contributed by atoms with Crippen LogP contribution in [-0.4, -0.2) is 16.9 Å². The number of hydrogen-bond acceptors (Lipinski definition) is 4. The molecule has 0 saturated heterocycles. The van der Waals surface area contributed by atoms with Crippen LogP contribution in [0.3, 0.4) is 0 Å². The average Bonchev–Trinajstić information content (AvgIpc) is 2.50. The Morgan fingerprint density at radius 1 is 1.57 bits per heavy atom. The van der Waals surface area contributed by atoms with Crippen molar-refractivity contribution in [3.05, 3.63) is 16.1 Å². The molecule has 0 aliphatic carbocycles. The fourth-order valence-corrected chi connectivity index (χ4v) is 1.96. The van der Waals surface area contributed by atoms with Crippen LogP contribution in [0.4, 0.5) is 0 Å². The van der Waals surface area contributed by atoms with Gasteiger partial charge in [-0.15, -0.1) is 11.3 Å². The summed E-state index contributed by atoms with van der Waals surface area (Å²) in [6.45, 7) is 6.19. The molecular formula is C9H15N3OS. The molecule has 1 unspecified atom stereocenters. The van der Waals surface area contributed by atoms with Crippen LogP contribution in [0.25, 0.3) is 0 Å². The van der Waals surface area contributed by atoms with E-state index in [1.807, 2.05) is 6.92 Å². The third kappa shape index (κ3) is 2.78. The van der Waals surface area contributed by atoms with Gasteiger partial charge in [0.25, 0.3) is 5.91 Å². The van der Waals surface area contributed by atoms with Crippen molar-refractivity contribution >= 4 is 17.2 Å². The SMILES string of the molecule is CC(C)NC(C)c1cnc(C(N)=O)s1. The van der Waals surface area contributed by atoms with E-state index in [2.05, 4.69) is 24.1 Å². The van der Waals surface area contributed by atoms with Crippen LogP contribution in [0, 0.1) is 0 Å². The van der Waals surface area contributed by atoms with Crippen molar-refractivity contribution < 1.29 is 4.79 Å². The zero-order chi connectivity index (χ0) is 10.7. The number of amides is 1. The molecule has 1 atom stereocenters. The van der Waals surface area contributed by atoms with E-state index < -0.39 is 5.91 Å². The summed E-state index contributed by atoms with van der Waals surface area (Å²) < 4.78 is 0. The Morgan fingerprint density at radius 2 is 2.21 bits per heavy atom. The monoisotopic (exact) mass is 213 g/mol. The minimum atomic E-state index is -0.460. The van der Waals surface area contributed by atoms with E-state index in [1.54, 1.807) is 6.20 Å². The molecule has 0 saturated carbocycles. The summed E-state index contributed by atoms with van der Waals surface area (Å²) in [6.07, 6.45) is 1.70. The molecular weight excluding hydrogens is 198 g/mol. The number of nitrogens with two attached hydrogens (primary N) is 1. The number of nitrogens with zero attached hydrogens (tertiary/aromatic N) is 1. The second kappa shape index (κ2) is 4.52. The number of aromatic nitrogens is 1. The summed E-state index contributed by atoms with van der Waals surface area (Å²) in [7, 11) is 0. The van der Waals surface area contributed by atoms with Crippen molar-refractivity contribution in [1.82, 2.24) is 10.3 Å². The van der Waals surface area contributed by atoms with Gasteiger partial charge in [-0.2, -0.15) is 0 Å². The van der Waals surface area contributed by atoms with Crippen LogP contribution in [0.2, 0.25) is 0 Å². The number of primary amides is 1. The topological polar surface area (TPSA) is 68.0 Å². The van der Waals surface area contributed by atoms with Gasteiger partial charge in [0.15, 0.2) is 5.01 Å². The molecule has 78 valence electrons. The Kier molecular flexibility index (Phi) is 3.60. The van der Waals surface area contributed by atoms with Crippen LogP contribution in [0.5, 0.6) is 0 Å². The molecule has 0 fully saturated rings. The molecule has 0 aliphatic rings. The Morgan fingerprint density at radius 3 is 2.64 bits per heavy atom. The van der Waals surface area contributed by atoms with Crippen molar-refractivity contribution in [1.29, 1.82) is 0 Å². The first-order chi connectivity index (χ1) is 6.50. The zero-order valence-electron chi connectivity index (χ0n) is 8.57. The van der Waals surface area contributed by atoms with Gasteiger partial charge in [-0.1, -0.05) is 13.8 Å². The van der Waals surface area contributed by atoms with Crippen molar-refractivity contribution in [2.45, 2.75) is 32.9 Å². The van der Waals surface area contributed by atoms with Gasteiger partial charge in [-0.25, -0.2) is 4.98 Å². The molecule has 14 heavy (non-hydrogen) atoms. The van der Waals surface area contributed by atoms with E-state index >= 15 is 0 Å². The Hall–Kier alpha value is -0.940. The van der Waals surface area contributed by atoms with E-state index in [0.29, 0.717) is 11.0 Å². The second-order valence-corrected chi connectivity index (χ2v) is 4.54. The lowest BCUT2D eigenvalue weighted by atomic mass is 10.2. The molecule has 4 nitrogen and oxygen atoms in total. The number of hydrogen-bond donors (Lipinski definition) is 2. The van der Waals surface area contributed by atoms with Gasteiger partial charge < -0.3 is 11.1 Å². The molecule has 0 radical (unpaired) electrons. The summed E-state index contributed by atoms with van der Waals surface area (Å²) in [5.41, 5.74) is 5.12. The molecule has 1 heterocycles. The Balaban J connectivity index is 2.71. The van der Waals surface area contributed by atoms with Crippen molar-refractivity contribution in [2.75, 3.05) is 0 Å². The first-order valence-electron chi connectivity index (χ1n) is 4.52. The maximum absolute atomic E-state index is 10.8. The molecule has 5 heteroatoms. The Bertz CT molecular complexity index is 322. The van der Waals surface area contributed by atoms with E-state index in [0.717, 1.165) is 4.88 Å².